The normalized spacial score (nSPS) is 12.7. The molecule has 9 nitrogen and oxygen atoms in total. The van der Waals surface area contributed by atoms with Gasteiger partial charge in [-0.3, -0.25) is 0 Å². The number of nitrogen functional groups attached to an aromatic ring is 1. The molecule has 116 valence electrons. The van der Waals surface area contributed by atoms with Crippen LogP contribution >= 0.6 is 0 Å². The number of nitrogens with one attached hydrogen (secondary N) is 1. The first-order valence-electron chi connectivity index (χ1n) is 5.57. The summed E-state index contributed by atoms with van der Waals surface area (Å²) in [6.45, 7) is -0.602. The summed E-state index contributed by atoms with van der Waals surface area (Å²) in [6, 6.07) is 3.09. The molecule has 0 aliphatic heterocycles. The minimum absolute atomic E-state index is 0.166. The van der Waals surface area contributed by atoms with Crippen molar-refractivity contribution in [2.75, 3.05) is 19.4 Å². The van der Waals surface area contributed by atoms with Crippen LogP contribution in [-0.2, 0) is 19.6 Å². The third kappa shape index (κ3) is 4.15. The van der Waals surface area contributed by atoms with Crippen LogP contribution in [0.1, 0.15) is 10.4 Å². The summed E-state index contributed by atoms with van der Waals surface area (Å²) in [5, 5.41) is 18.1. The lowest BCUT2D eigenvalue weighted by Gasteiger charge is -2.12. The van der Waals surface area contributed by atoms with Crippen LogP contribution in [0, 0.1) is 0 Å². The first-order valence-corrected chi connectivity index (χ1v) is 7.05. The molecule has 10 heteroatoms. The first kappa shape index (κ1) is 16.9. The zero-order valence-electron chi connectivity index (χ0n) is 10.9. The number of aliphatic hydroxyl groups excluding tert-OH is 1. The number of aromatic carboxylic acids is 1. The van der Waals surface area contributed by atoms with Crippen LogP contribution in [0.25, 0.3) is 0 Å². The Labute approximate surface area is 120 Å². The van der Waals surface area contributed by atoms with Crippen molar-refractivity contribution in [2.45, 2.75) is 11.0 Å². The molecule has 5 N–H and O–H groups in total. The van der Waals surface area contributed by atoms with Crippen molar-refractivity contribution in [1.29, 1.82) is 0 Å². The van der Waals surface area contributed by atoms with Gasteiger partial charge in [0.15, 0.2) is 6.10 Å². The maximum atomic E-state index is 11.9. The van der Waals surface area contributed by atoms with E-state index in [4.69, 9.17) is 10.8 Å². The van der Waals surface area contributed by atoms with Gasteiger partial charge in [-0.1, -0.05) is 0 Å². The van der Waals surface area contributed by atoms with E-state index in [0.29, 0.717) is 0 Å². The fraction of sp³-hybridized carbons (Fsp3) is 0.273. The predicted molar refractivity (Wildman–Crippen MR) is 71.0 cm³/mol. The van der Waals surface area contributed by atoms with E-state index >= 15 is 0 Å². The molecule has 0 saturated heterocycles. The molecule has 0 saturated carbocycles. The van der Waals surface area contributed by atoms with Gasteiger partial charge in [0.25, 0.3) is 0 Å². The number of hydrogen-bond acceptors (Lipinski definition) is 7. The molecule has 21 heavy (non-hydrogen) atoms. The number of ether oxygens (including phenoxy) is 1. The van der Waals surface area contributed by atoms with Gasteiger partial charge in [0.05, 0.1) is 18.4 Å². The number of esters is 1. The summed E-state index contributed by atoms with van der Waals surface area (Å²) in [6.07, 6.45) is -1.66. The molecule has 0 aliphatic carbocycles. The fourth-order valence-corrected chi connectivity index (χ4v) is 2.56. The molecule has 0 aromatic heterocycles. The maximum Gasteiger partial charge on any atom is 0.336 e. The molecular weight excluding hydrogens is 304 g/mol. The SMILES string of the molecule is COC(=O)C(O)CNS(=O)(=O)c1ccc(C(=O)O)cc1N. The van der Waals surface area contributed by atoms with Crippen molar-refractivity contribution in [3.05, 3.63) is 23.8 Å². The van der Waals surface area contributed by atoms with Crippen molar-refractivity contribution in [2.24, 2.45) is 0 Å². The predicted octanol–water partition coefficient (Wildman–Crippen LogP) is -1.22. The number of carboxylic acid groups (broad SMARTS) is 1. The number of carbonyl (C=O) groups excluding carboxylic acids is 1. The highest BCUT2D eigenvalue weighted by molar-refractivity contribution is 7.89. The standard InChI is InChI=1S/C11H14N2O7S/c1-20-11(17)8(14)5-13-21(18,19)9-3-2-6(10(15)16)4-7(9)12/h2-4,8,13-14H,5,12H2,1H3,(H,15,16). The van der Waals surface area contributed by atoms with E-state index in [9.17, 15) is 23.1 Å². The number of hydrogen-bond donors (Lipinski definition) is 4. The summed E-state index contributed by atoms with van der Waals surface area (Å²) in [5.74, 6) is -2.24. The molecule has 1 unspecified atom stereocenters. The van der Waals surface area contributed by atoms with Gasteiger partial charge in [0.1, 0.15) is 4.90 Å². The lowest BCUT2D eigenvalue weighted by molar-refractivity contribution is -0.149. The highest BCUT2D eigenvalue weighted by atomic mass is 32.2. The molecule has 0 radical (unpaired) electrons. The number of anilines is 1. The Balaban J connectivity index is 2.93. The zero-order valence-corrected chi connectivity index (χ0v) is 11.8. The van der Waals surface area contributed by atoms with E-state index in [-0.39, 0.29) is 16.1 Å². The molecule has 1 aromatic carbocycles. The lowest BCUT2D eigenvalue weighted by atomic mass is 10.2. The number of carbonyl (C=O) groups is 2. The van der Waals surface area contributed by atoms with Crippen LogP contribution in [0.3, 0.4) is 0 Å². The minimum atomic E-state index is -4.11. The van der Waals surface area contributed by atoms with Gasteiger partial charge >= 0.3 is 11.9 Å². The third-order valence-corrected chi connectivity index (χ3v) is 3.98. The Morgan fingerprint density at radius 1 is 1.43 bits per heavy atom. The Bertz CT molecular complexity index is 657. The van der Waals surface area contributed by atoms with Crippen LogP contribution in [0.15, 0.2) is 23.1 Å². The Hall–Kier alpha value is -2.17. The van der Waals surface area contributed by atoms with E-state index in [2.05, 4.69) is 4.74 Å². The van der Waals surface area contributed by atoms with Crippen LogP contribution in [0.2, 0.25) is 0 Å². The molecule has 1 rings (SSSR count). The lowest BCUT2D eigenvalue weighted by Crippen LogP contribution is -2.37. The Morgan fingerprint density at radius 2 is 2.05 bits per heavy atom. The van der Waals surface area contributed by atoms with Gasteiger partial charge in [0, 0.05) is 6.54 Å². The number of sulfonamides is 1. The summed E-state index contributed by atoms with van der Waals surface area (Å²) in [5.41, 5.74) is 5.07. The summed E-state index contributed by atoms with van der Waals surface area (Å²) < 4.78 is 30.1. The van der Waals surface area contributed by atoms with Crippen LogP contribution in [0.5, 0.6) is 0 Å². The van der Waals surface area contributed by atoms with E-state index in [0.717, 1.165) is 25.3 Å². The number of aliphatic hydroxyl groups is 1. The Kier molecular flexibility index (Phi) is 5.24. The highest BCUT2D eigenvalue weighted by Crippen LogP contribution is 2.19. The van der Waals surface area contributed by atoms with Crippen molar-refractivity contribution < 1.29 is 33.0 Å². The minimum Gasteiger partial charge on any atom is -0.478 e. The number of benzene rings is 1. The molecule has 0 fully saturated rings. The topological polar surface area (TPSA) is 156 Å². The Morgan fingerprint density at radius 3 is 2.52 bits per heavy atom. The second-order valence-corrected chi connectivity index (χ2v) is 5.68. The monoisotopic (exact) mass is 318 g/mol. The fourth-order valence-electron chi connectivity index (χ4n) is 1.41. The number of nitrogens with two attached hydrogens (primary N) is 1. The van der Waals surface area contributed by atoms with Crippen molar-refractivity contribution in [3.63, 3.8) is 0 Å². The van der Waals surface area contributed by atoms with E-state index in [1.165, 1.54) is 0 Å². The summed E-state index contributed by atoms with van der Waals surface area (Å²) >= 11 is 0. The second kappa shape index (κ2) is 6.52. The van der Waals surface area contributed by atoms with Crippen molar-refractivity contribution >= 4 is 27.6 Å². The van der Waals surface area contributed by atoms with Gasteiger partial charge in [-0.25, -0.2) is 22.7 Å². The number of methoxy groups -OCH3 is 1. The molecule has 0 bridgehead atoms. The largest absolute Gasteiger partial charge is 0.478 e. The van der Waals surface area contributed by atoms with Crippen LogP contribution in [0.4, 0.5) is 5.69 Å². The van der Waals surface area contributed by atoms with E-state index in [1.54, 1.807) is 0 Å². The smallest absolute Gasteiger partial charge is 0.336 e. The van der Waals surface area contributed by atoms with E-state index < -0.39 is 34.6 Å². The first-order chi connectivity index (χ1) is 9.69. The molecule has 0 aliphatic rings. The van der Waals surface area contributed by atoms with Gasteiger partial charge in [-0.05, 0) is 18.2 Å². The quantitative estimate of drug-likeness (QED) is 0.375. The number of rotatable bonds is 6. The number of carboxylic acids is 1. The second-order valence-electron chi connectivity index (χ2n) is 3.95. The molecule has 0 heterocycles. The van der Waals surface area contributed by atoms with Crippen LogP contribution in [-0.4, -0.2) is 50.3 Å². The van der Waals surface area contributed by atoms with Crippen molar-refractivity contribution in [3.8, 4) is 0 Å². The van der Waals surface area contributed by atoms with Crippen molar-refractivity contribution in [1.82, 2.24) is 4.72 Å². The highest BCUT2D eigenvalue weighted by Gasteiger charge is 2.22. The van der Waals surface area contributed by atoms with Gasteiger partial charge in [0.2, 0.25) is 10.0 Å². The average Bonchev–Trinajstić information content (AvgIpc) is 2.43. The zero-order chi connectivity index (χ0) is 16.2. The van der Waals surface area contributed by atoms with E-state index in [1.807, 2.05) is 4.72 Å². The molecule has 1 aromatic rings. The summed E-state index contributed by atoms with van der Waals surface area (Å²) in [7, 11) is -3.06. The average molecular weight is 318 g/mol. The maximum absolute atomic E-state index is 11.9. The van der Waals surface area contributed by atoms with Gasteiger partial charge < -0.3 is 20.7 Å². The molecular formula is C11H14N2O7S. The van der Waals surface area contributed by atoms with Gasteiger partial charge in [-0.15, -0.1) is 0 Å². The molecule has 0 spiro atoms. The van der Waals surface area contributed by atoms with Gasteiger partial charge in [-0.2, -0.15) is 0 Å². The molecule has 1 atom stereocenters. The van der Waals surface area contributed by atoms with Crippen LogP contribution < -0.4 is 10.5 Å². The summed E-state index contributed by atoms with van der Waals surface area (Å²) in [4.78, 5) is 21.3. The third-order valence-electron chi connectivity index (χ3n) is 2.49. The molecule has 0 amide bonds.